The van der Waals surface area contributed by atoms with Gasteiger partial charge in [-0.05, 0) is 31.9 Å². The molecule has 0 aromatic carbocycles. The number of carboxylic acids is 1. The molecule has 0 aliphatic rings. The Balaban J connectivity index is 2.32. The first-order valence-electron chi connectivity index (χ1n) is 6.99. The topological polar surface area (TPSA) is 83.7 Å². The summed E-state index contributed by atoms with van der Waals surface area (Å²) in [5.74, 6) is -1.42. The van der Waals surface area contributed by atoms with Crippen LogP contribution in [0.1, 0.15) is 42.0 Å². The number of carbonyl (C=O) groups excluding carboxylic acids is 1. The molecule has 2 aromatic rings. The number of hydrogen-bond donors (Lipinski definition) is 2. The number of rotatable bonds is 5. The van der Waals surface area contributed by atoms with Gasteiger partial charge in [0.1, 0.15) is 11.7 Å². The van der Waals surface area contributed by atoms with Crippen LogP contribution in [-0.2, 0) is 11.2 Å². The van der Waals surface area contributed by atoms with Crippen molar-refractivity contribution >= 4 is 17.5 Å². The molecule has 0 saturated carbocycles. The first-order chi connectivity index (χ1) is 9.97. The van der Waals surface area contributed by atoms with Gasteiger partial charge in [0.15, 0.2) is 0 Å². The SMILES string of the molecule is CCc1nc2ccc(C(=O)NC(CC)C(=O)O)cn2c1C. The van der Waals surface area contributed by atoms with E-state index in [-0.39, 0.29) is 0 Å². The Morgan fingerprint density at radius 1 is 1.38 bits per heavy atom. The highest BCUT2D eigenvalue weighted by Crippen LogP contribution is 2.14. The average Bonchev–Trinajstić information content (AvgIpc) is 2.80. The molecule has 0 aliphatic heterocycles. The molecule has 0 fully saturated rings. The molecule has 2 rings (SSSR count). The van der Waals surface area contributed by atoms with Crippen molar-refractivity contribution in [3.05, 3.63) is 35.3 Å². The minimum atomic E-state index is -1.03. The number of nitrogens with zero attached hydrogens (tertiary/aromatic N) is 2. The van der Waals surface area contributed by atoms with E-state index in [1.165, 1.54) is 0 Å². The lowest BCUT2D eigenvalue weighted by atomic mass is 10.2. The highest BCUT2D eigenvalue weighted by atomic mass is 16.4. The molecule has 2 N–H and O–H groups in total. The van der Waals surface area contributed by atoms with E-state index in [0.717, 1.165) is 23.5 Å². The van der Waals surface area contributed by atoms with Gasteiger partial charge in [-0.25, -0.2) is 9.78 Å². The van der Waals surface area contributed by atoms with Crippen LogP contribution in [0.15, 0.2) is 18.3 Å². The normalized spacial score (nSPS) is 12.3. The second kappa shape index (κ2) is 5.95. The van der Waals surface area contributed by atoms with E-state index >= 15 is 0 Å². The molecule has 112 valence electrons. The summed E-state index contributed by atoms with van der Waals surface area (Å²) in [6, 6.07) is 2.55. The number of carbonyl (C=O) groups is 2. The fourth-order valence-electron chi connectivity index (χ4n) is 2.26. The van der Waals surface area contributed by atoms with Crippen LogP contribution in [0.3, 0.4) is 0 Å². The molecule has 2 heterocycles. The van der Waals surface area contributed by atoms with Crippen LogP contribution in [0, 0.1) is 6.92 Å². The molecule has 1 atom stereocenters. The van der Waals surface area contributed by atoms with Gasteiger partial charge in [-0.2, -0.15) is 0 Å². The van der Waals surface area contributed by atoms with Crippen molar-refractivity contribution in [2.75, 3.05) is 0 Å². The number of nitrogens with one attached hydrogen (secondary N) is 1. The van der Waals surface area contributed by atoms with Crippen LogP contribution in [0.4, 0.5) is 0 Å². The first kappa shape index (κ1) is 15.0. The molecule has 6 heteroatoms. The third-order valence-corrected chi connectivity index (χ3v) is 3.56. The van der Waals surface area contributed by atoms with Crippen LogP contribution in [0.2, 0.25) is 0 Å². The predicted octanol–water partition coefficient (Wildman–Crippen LogP) is 1.80. The number of aryl methyl sites for hydroxylation is 2. The highest BCUT2D eigenvalue weighted by Gasteiger charge is 2.19. The summed E-state index contributed by atoms with van der Waals surface area (Å²) in [5.41, 5.74) is 3.19. The summed E-state index contributed by atoms with van der Waals surface area (Å²) in [5, 5.41) is 11.5. The second-order valence-corrected chi connectivity index (χ2v) is 4.92. The van der Waals surface area contributed by atoms with Crippen LogP contribution in [-0.4, -0.2) is 32.4 Å². The summed E-state index contributed by atoms with van der Waals surface area (Å²) in [6.45, 7) is 5.70. The quantitative estimate of drug-likeness (QED) is 0.879. The minimum Gasteiger partial charge on any atom is -0.480 e. The van der Waals surface area contributed by atoms with Gasteiger partial charge >= 0.3 is 5.97 Å². The number of imidazole rings is 1. The van der Waals surface area contributed by atoms with Crippen molar-refractivity contribution in [2.24, 2.45) is 0 Å². The first-order valence-corrected chi connectivity index (χ1v) is 6.99. The molecule has 1 unspecified atom stereocenters. The zero-order chi connectivity index (χ0) is 15.6. The molecule has 2 aromatic heterocycles. The number of hydrogen-bond acceptors (Lipinski definition) is 3. The van der Waals surface area contributed by atoms with E-state index in [1.54, 1.807) is 25.3 Å². The average molecular weight is 289 g/mol. The van der Waals surface area contributed by atoms with Crippen molar-refractivity contribution < 1.29 is 14.7 Å². The predicted molar refractivity (Wildman–Crippen MR) is 78.5 cm³/mol. The third kappa shape index (κ3) is 2.89. The Labute approximate surface area is 122 Å². The van der Waals surface area contributed by atoms with E-state index in [2.05, 4.69) is 10.3 Å². The molecule has 0 bridgehead atoms. The van der Waals surface area contributed by atoms with Crippen LogP contribution in [0.25, 0.3) is 5.65 Å². The maximum Gasteiger partial charge on any atom is 0.326 e. The number of fused-ring (bicyclic) bond motifs is 1. The summed E-state index contributed by atoms with van der Waals surface area (Å²) < 4.78 is 1.86. The molecule has 0 aliphatic carbocycles. The van der Waals surface area contributed by atoms with Gasteiger partial charge in [0.25, 0.3) is 5.91 Å². The van der Waals surface area contributed by atoms with Crippen molar-refractivity contribution in [1.29, 1.82) is 0 Å². The molecule has 1 amide bonds. The van der Waals surface area contributed by atoms with E-state index < -0.39 is 17.9 Å². The highest BCUT2D eigenvalue weighted by molar-refractivity contribution is 5.96. The van der Waals surface area contributed by atoms with E-state index in [0.29, 0.717) is 12.0 Å². The smallest absolute Gasteiger partial charge is 0.326 e. The molecule has 21 heavy (non-hydrogen) atoms. The summed E-state index contributed by atoms with van der Waals surface area (Å²) in [7, 11) is 0. The number of amides is 1. The zero-order valence-electron chi connectivity index (χ0n) is 12.4. The summed E-state index contributed by atoms with van der Waals surface area (Å²) in [4.78, 5) is 27.6. The Bertz CT molecular complexity index is 691. The van der Waals surface area contributed by atoms with Crippen LogP contribution >= 0.6 is 0 Å². The van der Waals surface area contributed by atoms with Gasteiger partial charge in [0.2, 0.25) is 0 Å². The summed E-state index contributed by atoms with van der Waals surface area (Å²) >= 11 is 0. The number of aromatic nitrogens is 2. The van der Waals surface area contributed by atoms with Gasteiger partial charge in [-0.15, -0.1) is 0 Å². The lowest BCUT2D eigenvalue weighted by Gasteiger charge is -2.12. The summed E-state index contributed by atoms with van der Waals surface area (Å²) in [6.07, 6.45) is 2.86. The maximum absolute atomic E-state index is 12.1. The van der Waals surface area contributed by atoms with Crippen LogP contribution in [0.5, 0.6) is 0 Å². The second-order valence-electron chi connectivity index (χ2n) is 4.92. The Hall–Kier alpha value is -2.37. The van der Waals surface area contributed by atoms with Gasteiger partial charge in [-0.1, -0.05) is 13.8 Å². The minimum absolute atomic E-state index is 0.341. The van der Waals surface area contributed by atoms with E-state index in [1.807, 2.05) is 18.2 Å². The number of carboxylic acid groups (broad SMARTS) is 1. The van der Waals surface area contributed by atoms with Crippen molar-refractivity contribution in [3.8, 4) is 0 Å². The Morgan fingerprint density at radius 2 is 2.10 bits per heavy atom. The third-order valence-electron chi connectivity index (χ3n) is 3.56. The maximum atomic E-state index is 12.1. The van der Waals surface area contributed by atoms with Crippen LogP contribution < -0.4 is 5.32 Å². The standard InChI is InChI=1S/C15H19N3O3/c1-4-11-9(3)18-8-10(6-7-13(18)16-11)14(19)17-12(5-2)15(20)21/h6-8,12H,4-5H2,1-3H3,(H,17,19)(H,20,21). The molecular weight excluding hydrogens is 270 g/mol. The van der Waals surface area contributed by atoms with E-state index in [4.69, 9.17) is 5.11 Å². The van der Waals surface area contributed by atoms with Gasteiger partial charge in [-0.3, -0.25) is 4.79 Å². The number of pyridine rings is 1. The molecular formula is C15H19N3O3. The Kier molecular flexibility index (Phi) is 4.26. The largest absolute Gasteiger partial charge is 0.480 e. The fourth-order valence-corrected chi connectivity index (χ4v) is 2.26. The molecule has 0 saturated heterocycles. The fraction of sp³-hybridized carbons (Fsp3) is 0.400. The lowest BCUT2D eigenvalue weighted by molar-refractivity contribution is -0.139. The van der Waals surface area contributed by atoms with Crippen molar-refractivity contribution in [2.45, 2.75) is 39.7 Å². The number of aliphatic carboxylic acids is 1. The molecule has 0 spiro atoms. The van der Waals surface area contributed by atoms with Gasteiger partial charge in [0, 0.05) is 11.9 Å². The zero-order valence-corrected chi connectivity index (χ0v) is 12.4. The van der Waals surface area contributed by atoms with E-state index in [9.17, 15) is 9.59 Å². The lowest BCUT2D eigenvalue weighted by Crippen LogP contribution is -2.40. The Morgan fingerprint density at radius 3 is 2.67 bits per heavy atom. The monoisotopic (exact) mass is 289 g/mol. The molecule has 6 nitrogen and oxygen atoms in total. The van der Waals surface area contributed by atoms with Crippen molar-refractivity contribution in [1.82, 2.24) is 14.7 Å². The van der Waals surface area contributed by atoms with Crippen molar-refractivity contribution in [3.63, 3.8) is 0 Å². The molecule has 0 radical (unpaired) electrons. The van der Waals surface area contributed by atoms with Gasteiger partial charge < -0.3 is 14.8 Å². The van der Waals surface area contributed by atoms with Gasteiger partial charge in [0.05, 0.1) is 11.3 Å².